The molecule has 0 spiro atoms. The molecule has 1 heterocycles. The Morgan fingerprint density at radius 3 is 2.70 bits per heavy atom. The molecule has 0 saturated heterocycles. The van der Waals surface area contributed by atoms with Gasteiger partial charge in [-0.2, -0.15) is 0 Å². The van der Waals surface area contributed by atoms with E-state index in [-0.39, 0.29) is 21.4 Å². The lowest BCUT2D eigenvalue weighted by Crippen LogP contribution is -2.05. The first-order valence-corrected chi connectivity index (χ1v) is 6.19. The number of hydrogen-bond donors (Lipinski definition) is 0. The predicted octanol–water partition coefficient (Wildman–Crippen LogP) is 3.79. The molecule has 0 radical (unpaired) electrons. The van der Waals surface area contributed by atoms with E-state index in [1.165, 1.54) is 31.7 Å². The Hall–Kier alpha value is -1.98. The van der Waals surface area contributed by atoms with Crippen molar-refractivity contribution >= 4 is 35.4 Å². The van der Waals surface area contributed by atoms with Crippen LogP contribution in [-0.2, 0) is 4.84 Å². The summed E-state index contributed by atoms with van der Waals surface area (Å²) < 4.78 is 10.0. The highest BCUT2D eigenvalue weighted by molar-refractivity contribution is 6.37. The maximum atomic E-state index is 11.9. The molecule has 0 aliphatic rings. The average molecular weight is 314 g/mol. The van der Waals surface area contributed by atoms with Crippen molar-refractivity contribution in [3.05, 3.63) is 51.9 Å². The number of hydrogen-bond acceptors (Lipinski definition) is 5. The standard InChI is InChI=1S/C13H9Cl2NO4/c1-18-12-10(15)5-4-9(14)11(12)13(17)20-16-7-8-3-2-6-19-8/h2-7H,1H3/b16-7+. The van der Waals surface area contributed by atoms with E-state index < -0.39 is 5.97 Å². The molecule has 0 fully saturated rings. The fraction of sp³-hybridized carbons (Fsp3) is 0.0769. The molecule has 0 unspecified atom stereocenters. The van der Waals surface area contributed by atoms with E-state index in [1.807, 2.05) is 0 Å². The van der Waals surface area contributed by atoms with Crippen LogP contribution in [0.3, 0.4) is 0 Å². The fourth-order valence-corrected chi connectivity index (χ4v) is 1.92. The quantitative estimate of drug-likeness (QED) is 0.489. The minimum absolute atomic E-state index is 0.0123. The molecular weight excluding hydrogens is 305 g/mol. The fourth-order valence-electron chi connectivity index (χ4n) is 1.46. The number of methoxy groups -OCH3 is 1. The number of rotatable bonds is 4. The maximum Gasteiger partial charge on any atom is 0.371 e. The molecule has 0 saturated carbocycles. The van der Waals surface area contributed by atoms with Gasteiger partial charge in [-0.15, -0.1) is 0 Å². The Kier molecular flexibility index (Phi) is 4.65. The van der Waals surface area contributed by atoms with Crippen LogP contribution >= 0.6 is 23.2 Å². The number of furan rings is 1. The van der Waals surface area contributed by atoms with E-state index in [0.717, 1.165) is 0 Å². The summed E-state index contributed by atoms with van der Waals surface area (Å²) in [5.41, 5.74) is 0.0123. The molecule has 0 atom stereocenters. The number of carbonyl (C=O) groups excluding carboxylic acids is 1. The van der Waals surface area contributed by atoms with E-state index in [2.05, 4.69) is 5.16 Å². The third kappa shape index (κ3) is 3.12. The molecule has 2 rings (SSSR count). The van der Waals surface area contributed by atoms with Crippen molar-refractivity contribution in [3.8, 4) is 5.75 Å². The van der Waals surface area contributed by atoms with Crippen molar-refractivity contribution in [2.75, 3.05) is 7.11 Å². The zero-order chi connectivity index (χ0) is 14.5. The average Bonchev–Trinajstić information content (AvgIpc) is 2.94. The second-order valence-corrected chi connectivity index (χ2v) is 4.38. The van der Waals surface area contributed by atoms with E-state index in [1.54, 1.807) is 12.1 Å². The van der Waals surface area contributed by atoms with Gasteiger partial charge in [0.05, 0.1) is 23.4 Å². The van der Waals surface area contributed by atoms with Crippen LogP contribution < -0.4 is 4.74 Å². The molecule has 5 nitrogen and oxygen atoms in total. The van der Waals surface area contributed by atoms with Crippen molar-refractivity contribution < 1.29 is 18.8 Å². The summed E-state index contributed by atoms with van der Waals surface area (Å²) in [6.07, 6.45) is 2.73. The third-order valence-corrected chi connectivity index (χ3v) is 2.94. The summed E-state index contributed by atoms with van der Waals surface area (Å²) >= 11 is 11.9. The Balaban J connectivity index is 2.19. The number of nitrogens with zero attached hydrogens (tertiary/aromatic N) is 1. The highest BCUT2D eigenvalue weighted by Gasteiger charge is 2.21. The summed E-state index contributed by atoms with van der Waals surface area (Å²) in [6, 6.07) is 6.33. The summed E-state index contributed by atoms with van der Waals surface area (Å²) in [5, 5.41) is 3.92. The van der Waals surface area contributed by atoms with Crippen LogP contribution in [0.1, 0.15) is 16.1 Å². The van der Waals surface area contributed by atoms with Gasteiger partial charge in [0.15, 0.2) is 5.75 Å². The molecule has 7 heteroatoms. The number of ether oxygens (including phenoxy) is 1. The normalized spacial score (nSPS) is 10.8. The molecule has 0 amide bonds. The first kappa shape index (κ1) is 14.4. The van der Waals surface area contributed by atoms with Crippen molar-refractivity contribution in [1.82, 2.24) is 0 Å². The highest BCUT2D eigenvalue weighted by Crippen LogP contribution is 2.34. The van der Waals surface area contributed by atoms with Gasteiger partial charge in [0, 0.05) is 0 Å². The van der Waals surface area contributed by atoms with Crippen LogP contribution in [0.4, 0.5) is 0 Å². The molecular formula is C13H9Cl2NO4. The van der Waals surface area contributed by atoms with Gasteiger partial charge in [-0.3, -0.25) is 0 Å². The molecule has 0 aliphatic heterocycles. The van der Waals surface area contributed by atoms with Gasteiger partial charge in [-0.1, -0.05) is 28.4 Å². The topological polar surface area (TPSA) is 61.0 Å². The number of halogens is 2. The second kappa shape index (κ2) is 6.45. The van der Waals surface area contributed by atoms with E-state index >= 15 is 0 Å². The van der Waals surface area contributed by atoms with E-state index in [4.69, 9.17) is 37.2 Å². The van der Waals surface area contributed by atoms with Crippen LogP contribution in [0.2, 0.25) is 10.0 Å². The van der Waals surface area contributed by atoms with Gasteiger partial charge in [-0.05, 0) is 24.3 Å². The Morgan fingerprint density at radius 2 is 2.05 bits per heavy atom. The van der Waals surface area contributed by atoms with Crippen molar-refractivity contribution in [1.29, 1.82) is 0 Å². The van der Waals surface area contributed by atoms with Crippen molar-refractivity contribution in [3.63, 3.8) is 0 Å². The minimum atomic E-state index is -0.780. The number of oxime groups is 1. The monoisotopic (exact) mass is 313 g/mol. The lowest BCUT2D eigenvalue weighted by atomic mass is 10.2. The van der Waals surface area contributed by atoms with Gasteiger partial charge in [-0.25, -0.2) is 4.79 Å². The first-order valence-electron chi connectivity index (χ1n) is 5.43. The largest absolute Gasteiger partial charge is 0.494 e. The Labute approximate surface area is 124 Å². The second-order valence-electron chi connectivity index (χ2n) is 3.57. The van der Waals surface area contributed by atoms with Crippen LogP contribution in [0.25, 0.3) is 0 Å². The van der Waals surface area contributed by atoms with Crippen LogP contribution in [-0.4, -0.2) is 19.3 Å². The highest BCUT2D eigenvalue weighted by atomic mass is 35.5. The summed E-state index contributed by atoms with van der Waals surface area (Å²) in [4.78, 5) is 16.7. The molecule has 104 valence electrons. The smallest absolute Gasteiger partial charge is 0.371 e. The van der Waals surface area contributed by atoms with Gasteiger partial charge in [0.25, 0.3) is 0 Å². The number of benzene rings is 1. The van der Waals surface area contributed by atoms with Crippen LogP contribution in [0.15, 0.2) is 40.1 Å². The molecule has 0 bridgehead atoms. The molecule has 0 aliphatic carbocycles. The zero-order valence-corrected chi connectivity index (χ0v) is 11.8. The third-order valence-electron chi connectivity index (χ3n) is 2.33. The van der Waals surface area contributed by atoms with E-state index in [9.17, 15) is 4.79 Å². The van der Waals surface area contributed by atoms with Gasteiger partial charge in [0.1, 0.15) is 17.5 Å². The Bertz CT molecular complexity index is 638. The number of carbonyl (C=O) groups is 1. The summed E-state index contributed by atoms with van der Waals surface area (Å²) in [7, 11) is 1.38. The van der Waals surface area contributed by atoms with Crippen LogP contribution in [0.5, 0.6) is 5.75 Å². The molecule has 0 N–H and O–H groups in total. The predicted molar refractivity (Wildman–Crippen MR) is 74.7 cm³/mol. The maximum absolute atomic E-state index is 11.9. The minimum Gasteiger partial charge on any atom is -0.494 e. The lowest BCUT2D eigenvalue weighted by molar-refractivity contribution is 0.0515. The zero-order valence-electron chi connectivity index (χ0n) is 10.3. The lowest BCUT2D eigenvalue weighted by Gasteiger charge is -2.09. The molecule has 2 aromatic rings. The summed E-state index contributed by atoms with van der Waals surface area (Å²) in [5.74, 6) is -0.198. The van der Waals surface area contributed by atoms with Crippen LogP contribution in [0, 0.1) is 0 Å². The Morgan fingerprint density at radius 1 is 1.30 bits per heavy atom. The SMILES string of the molecule is COc1c(Cl)ccc(Cl)c1C(=O)O/N=C/c1ccco1. The van der Waals surface area contributed by atoms with Gasteiger partial charge >= 0.3 is 5.97 Å². The van der Waals surface area contributed by atoms with Crippen molar-refractivity contribution in [2.45, 2.75) is 0 Å². The molecule has 20 heavy (non-hydrogen) atoms. The molecule has 1 aromatic carbocycles. The molecule has 1 aromatic heterocycles. The van der Waals surface area contributed by atoms with Gasteiger partial charge in [0.2, 0.25) is 0 Å². The van der Waals surface area contributed by atoms with Gasteiger partial charge < -0.3 is 14.0 Å². The first-order chi connectivity index (χ1) is 9.63. The van der Waals surface area contributed by atoms with Crippen molar-refractivity contribution in [2.24, 2.45) is 5.16 Å². The van der Waals surface area contributed by atoms with E-state index in [0.29, 0.717) is 5.76 Å². The summed E-state index contributed by atoms with van der Waals surface area (Å²) in [6.45, 7) is 0.